The lowest BCUT2D eigenvalue weighted by atomic mass is 9.87. The predicted molar refractivity (Wildman–Crippen MR) is 78.5 cm³/mol. The summed E-state index contributed by atoms with van der Waals surface area (Å²) in [6.07, 6.45) is 5.30. The molecule has 1 aliphatic heterocycles. The van der Waals surface area contributed by atoms with Gasteiger partial charge in [0.2, 0.25) is 6.79 Å². The number of ether oxygens (including phenoxy) is 2. The fraction of sp³-hybridized carbons (Fsp3) is 0.600. The van der Waals surface area contributed by atoms with Crippen molar-refractivity contribution in [2.45, 2.75) is 45.2 Å². The average Bonchev–Trinajstić information content (AvgIpc) is 2.87. The Labute approximate surface area is 122 Å². The van der Waals surface area contributed by atoms with Crippen molar-refractivity contribution in [1.82, 2.24) is 5.32 Å². The minimum atomic E-state index is 0.325. The fourth-order valence-corrected chi connectivity index (χ4v) is 3.45. The minimum Gasteiger partial charge on any atom is -0.454 e. The van der Waals surface area contributed by atoms with E-state index in [1.54, 1.807) is 0 Å². The molecule has 0 amide bonds. The third-order valence-electron chi connectivity index (χ3n) is 4.10. The van der Waals surface area contributed by atoms with E-state index in [2.05, 4.69) is 40.3 Å². The molecule has 0 saturated heterocycles. The lowest BCUT2D eigenvalue weighted by Crippen LogP contribution is -2.32. The maximum absolute atomic E-state index is 5.45. The highest BCUT2D eigenvalue weighted by Gasteiger charge is 2.20. The molecule has 0 spiro atoms. The highest BCUT2D eigenvalue weighted by molar-refractivity contribution is 9.10. The van der Waals surface area contributed by atoms with Crippen LogP contribution in [0.3, 0.4) is 0 Å². The Bertz CT molecular complexity index is 456. The predicted octanol–water partition coefficient (Wildman–Crippen LogP) is 3.85. The largest absolute Gasteiger partial charge is 0.454 e. The van der Waals surface area contributed by atoms with Crippen molar-refractivity contribution in [1.29, 1.82) is 0 Å². The molecule has 1 aliphatic carbocycles. The van der Waals surface area contributed by atoms with Crippen LogP contribution in [0.1, 0.15) is 38.2 Å². The van der Waals surface area contributed by atoms with Crippen LogP contribution in [0.2, 0.25) is 0 Å². The Hall–Kier alpha value is -0.740. The number of rotatable bonds is 3. The van der Waals surface area contributed by atoms with Gasteiger partial charge in [0.1, 0.15) is 0 Å². The Balaban J connectivity index is 1.60. The first-order chi connectivity index (χ1) is 9.22. The van der Waals surface area contributed by atoms with E-state index in [1.807, 2.05) is 0 Å². The molecular formula is C15H20BrNO2. The third-order valence-corrected chi connectivity index (χ3v) is 4.69. The van der Waals surface area contributed by atoms with Crippen LogP contribution in [-0.4, -0.2) is 12.8 Å². The van der Waals surface area contributed by atoms with Crippen LogP contribution in [0.25, 0.3) is 0 Å². The van der Waals surface area contributed by atoms with Gasteiger partial charge in [0.25, 0.3) is 0 Å². The van der Waals surface area contributed by atoms with E-state index >= 15 is 0 Å². The molecule has 2 aliphatic rings. The molecule has 0 aromatic heterocycles. The summed E-state index contributed by atoms with van der Waals surface area (Å²) in [5.74, 6) is 2.58. The average molecular weight is 326 g/mol. The Morgan fingerprint density at radius 3 is 2.79 bits per heavy atom. The zero-order chi connectivity index (χ0) is 13.2. The van der Waals surface area contributed by atoms with Crippen LogP contribution in [0.4, 0.5) is 0 Å². The van der Waals surface area contributed by atoms with Crippen molar-refractivity contribution >= 4 is 15.9 Å². The molecule has 0 bridgehead atoms. The zero-order valence-corrected chi connectivity index (χ0v) is 12.8. The van der Waals surface area contributed by atoms with Crippen molar-refractivity contribution in [2.24, 2.45) is 5.92 Å². The lowest BCUT2D eigenvalue weighted by Gasteiger charge is -2.27. The smallest absolute Gasteiger partial charge is 0.231 e. The number of fused-ring (bicyclic) bond motifs is 1. The van der Waals surface area contributed by atoms with Crippen molar-refractivity contribution in [3.8, 4) is 11.5 Å². The van der Waals surface area contributed by atoms with Crippen molar-refractivity contribution in [2.75, 3.05) is 6.79 Å². The summed E-state index contributed by atoms with van der Waals surface area (Å²) in [4.78, 5) is 0. The minimum absolute atomic E-state index is 0.325. The van der Waals surface area contributed by atoms with E-state index in [0.717, 1.165) is 28.4 Å². The molecule has 4 heteroatoms. The second-order valence-electron chi connectivity index (χ2n) is 5.65. The quantitative estimate of drug-likeness (QED) is 0.915. The highest BCUT2D eigenvalue weighted by atomic mass is 79.9. The Morgan fingerprint density at radius 1 is 1.21 bits per heavy atom. The number of halogens is 1. The molecule has 104 valence electrons. The summed E-state index contributed by atoms with van der Waals surface area (Å²) < 4.78 is 11.8. The molecule has 1 fully saturated rings. The number of hydrogen-bond donors (Lipinski definition) is 1. The van der Waals surface area contributed by atoms with E-state index < -0.39 is 0 Å². The molecule has 1 heterocycles. The van der Waals surface area contributed by atoms with Gasteiger partial charge in [-0.2, -0.15) is 0 Å². The second-order valence-corrected chi connectivity index (χ2v) is 6.50. The summed E-state index contributed by atoms with van der Waals surface area (Å²) in [5, 5.41) is 3.66. The number of nitrogens with one attached hydrogen (secondary N) is 1. The topological polar surface area (TPSA) is 30.5 Å². The van der Waals surface area contributed by atoms with Crippen LogP contribution in [0, 0.1) is 5.92 Å². The van der Waals surface area contributed by atoms with Crippen LogP contribution >= 0.6 is 15.9 Å². The van der Waals surface area contributed by atoms with Crippen molar-refractivity contribution < 1.29 is 9.47 Å². The molecule has 19 heavy (non-hydrogen) atoms. The molecule has 1 aromatic rings. The van der Waals surface area contributed by atoms with E-state index in [0.29, 0.717) is 12.8 Å². The normalized spacial score (nSPS) is 25.6. The van der Waals surface area contributed by atoms with Gasteiger partial charge in [0.05, 0.1) is 4.47 Å². The molecule has 0 radical (unpaired) electrons. The summed E-state index contributed by atoms with van der Waals surface area (Å²) in [5.41, 5.74) is 1.25. The van der Waals surface area contributed by atoms with Gasteiger partial charge in [-0.1, -0.05) is 6.92 Å². The van der Waals surface area contributed by atoms with Gasteiger partial charge in [-0.15, -0.1) is 0 Å². The van der Waals surface area contributed by atoms with Gasteiger partial charge in [-0.05, 0) is 65.2 Å². The molecule has 0 atom stereocenters. The van der Waals surface area contributed by atoms with Crippen LogP contribution < -0.4 is 14.8 Å². The lowest BCUT2D eigenvalue weighted by molar-refractivity contribution is 0.173. The van der Waals surface area contributed by atoms with Gasteiger partial charge in [0.15, 0.2) is 11.5 Å². The van der Waals surface area contributed by atoms with Gasteiger partial charge < -0.3 is 14.8 Å². The molecule has 0 unspecified atom stereocenters. The fourth-order valence-electron chi connectivity index (χ4n) is 2.85. The summed E-state index contributed by atoms with van der Waals surface area (Å²) >= 11 is 3.54. The maximum atomic E-state index is 5.45. The zero-order valence-electron chi connectivity index (χ0n) is 11.2. The first-order valence-corrected chi connectivity index (χ1v) is 7.83. The Kier molecular flexibility index (Phi) is 3.99. The SMILES string of the molecule is CC1CCC(NCc2cc(Br)c3c(c2)OCO3)CC1. The van der Waals surface area contributed by atoms with Gasteiger partial charge >= 0.3 is 0 Å². The third kappa shape index (κ3) is 3.06. The van der Waals surface area contributed by atoms with Gasteiger partial charge in [-0.25, -0.2) is 0 Å². The van der Waals surface area contributed by atoms with E-state index in [-0.39, 0.29) is 0 Å². The monoisotopic (exact) mass is 325 g/mol. The van der Waals surface area contributed by atoms with Gasteiger partial charge in [0, 0.05) is 12.6 Å². The highest BCUT2D eigenvalue weighted by Crippen LogP contribution is 2.40. The van der Waals surface area contributed by atoms with Crippen molar-refractivity contribution in [3.05, 3.63) is 22.2 Å². The molecule has 1 saturated carbocycles. The summed E-state index contributed by atoms with van der Waals surface area (Å²) in [6, 6.07) is 4.86. The molecule has 1 N–H and O–H groups in total. The Morgan fingerprint density at radius 2 is 2.00 bits per heavy atom. The number of hydrogen-bond acceptors (Lipinski definition) is 3. The number of benzene rings is 1. The van der Waals surface area contributed by atoms with Gasteiger partial charge in [-0.3, -0.25) is 0 Å². The second kappa shape index (κ2) is 5.71. The van der Waals surface area contributed by atoms with Crippen molar-refractivity contribution in [3.63, 3.8) is 0 Å². The van der Waals surface area contributed by atoms with E-state index in [9.17, 15) is 0 Å². The van der Waals surface area contributed by atoms with Crippen LogP contribution in [0.5, 0.6) is 11.5 Å². The first-order valence-electron chi connectivity index (χ1n) is 7.04. The van der Waals surface area contributed by atoms with Crippen LogP contribution in [0.15, 0.2) is 16.6 Å². The maximum Gasteiger partial charge on any atom is 0.231 e. The van der Waals surface area contributed by atoms with Crippen LogP contribution in [-0.2, 0) is 6.54 Å². The molecule has 3 rings (SSSR count). The summed E-state index contributed by atoms with van der Waals surface area (Å²) in [7, 11) is 0. The van der Waals surface area contributed by atoms with E-state index in [4.69, 9.17) is 9.47 Å². The standard InChI is InChI=1S/C15H20BrNO2/c1-10-2-4-12(5-3-10)17-8-11-6-13(16)15-14(7-11)18-9-19-15/h6-7,10,12,17H,2-5,8-9H2,1H3. The van der Waals surface area contributed by atoms with E-state index in [1.165, 1.54) is 31.2 Å². The molecular weight excluding hydrogens is 306 g/mol. The molecule has 3 nitrogen and oxygen atoms in total. The molecule has 1 aromatic carbocycles. The summed E-state index contributed by atoms with van der Waals surface area (Å²) in [6.45, 7) is 3.57. The first kappa shape index (κ1) is 13.3.